The Bertz CT molecular complexity index is 1150. The third-order valence-electron chi connectivity index (χ3n) is 4.09. The molecule has 0 saturated heterocycles. The fourth-order valence-electron chi connectivity index (χ4n) is 2.70. The average Bonchev–Trinajstić information content (AvgIpc) is 3.30. The van der Waals surface area contributed by atoms with Gasteiger partial charge >= 0.3 is 6.36 Å². The lowest BCUT2D eigenvalue weighted by atomic mass is 10.2. The lowest BCUT2D eigenvalue weighted by molar-refractivity contribution is -0.274. The van der Waals surface area contributed by atoms with E-state index in [1.165, 1.54) is 24.3 Å². The summed E-state index contributed by atoms with van der Waals surface area (Å²) in [5.41, 5.74) is 2.84. The van der Waals surface area contributed by atoms with E-state index < -0.39 is 6.36 Å². The minimum Gasteiger partial charge on any atom is -0.406 e. The van der Waals surface area contributed by atoms with Crippen LogP contribution in [-0.2, 0) is 6.54 Å². The first-order valence-corrected chi connectivity index (χ1v) is 9.41. The highest BCUT2D eigenvalue weighted by molar-refractivity contribution is 9.10. The Balaban J connectivity index is 1.52. The van der Waals surface area contributed by atoms with Crippen molar-refractivity contribution in [3.63, 3.8) is 0 Å². The molecule has 4 rings (SSSR count). The van der Waals surface area contributed by atoms with Gasteiger partial charge in [0, 0.05) is 17.5 Å². The Morgan fingerprint density at radius 1 is 1.13 bits per heavy atom. The molecule has 154 valence electrons. The predicted octanol–water partition coefficient (Wildman–Crippen LogP) is 5.01. The van der Waals surface area contributed by atoms with Gasteiger partial charge in [-0.2, -0.15) is 10.1 Å². The van der Waals surface area contributed by atoms with Gasteiger partial charge in [-0.25, -0.2) is 4.98 Å². The maximum Gasteiger partial charge on any atom is 0.573 e. The molecule has 30 heavy (non-hydrogen) atoms. The van der Waals surface area contributed by atoms with Crippen molar-refractivity contribution < 1.29 is 22.4 Å². The van der Waals surface area contributed by atoms with Gasteiger partial charge in [0.05, 0.1) is 6.54 Å². The highest BCUT2D eigenvalue weighted by Gasteiger charge is 2.31. The first kappa shape index (κ1) is 20.1. The Kier molecular flexibility index (Phi) is 5.29. The van der Waals surface area contributed by atoms with E-state index in [1.54, 1.807) is 10.9 Å². The summed E-state index contributed by atoms with van der Waals surface area (Å²) in [6.07, 6.45) is -2.99. The van der Waals surface area contributed by atoms with E-state index >= 15 is 0 Å². The predicted molar refractivity (Wildman–Crippen MR) is 103 cm³/mol. The van der Waals surface area contributed by atoms with Crippen molar-refractivity contribution in [3.05, 3.63) is 64.5 Å². The lowest BCUT2D eigenvalue weighted by Gasteiger charge is -2.08. The zero-order valence-electron chi connectivity index (χ0n) is 15.4. The highest BCUT2D eigenvalue weighted by atomic mass is 79.9. The number of nitrogens with zero attached hydrogens (tertiary/aromatic N) is 5. The van der Waals surface area contributed by atoms with Gasteiger partial charge in [-0.3, -0.25) is 4.68 Å². The van der Waals surface area contributed by atoms with Gasteiger partial charge in [-0.05, 0) is 64.8 Å². The van der Waals surface area contributed by atoms with Crippen molar-refractivity contribution in [2.75, 3.05) is 0 Å². The third-order valence-corrected chi connectivity index (χ3v) is 4.56. The van der Waals surface area contributed by atoms with Gasteiger partial charge in [0.2, 0.25) is 5.82 Å². The zero-order valence-corrected chi connectivity index (χ0v) is 17.0. The summed E-state index contributed by atoms with van der Waals surface area (Å²) in [5, 5.41) is 8.38. The van der Waals surface area contributed by atoms with E-state index in [2.05, 4.69) is 40.9 Å². The van der Waals surface area contributed by atoms with Gasteiger partial charge in [0.25, 0.3) is 5.89 Å². The molecular formula is C19H13BrF3N5O2. The summed E-state index contributed by atoms with van der Waals surface area (Å²) in [7, 11) is 0. The van der Waals surface area contributed by atoms with Crippen molar-refractivity contribution in [2.24, 2.45) is 0 Å². The number of ether oxygens (including phenoxy) is 1. The number of hydrogen-bond donors (Lipinski definition) is 0. The van der Waals surface area contributed by atoms with Crippen molar-refractivity contribution in [1.29, 1.82) is 0 Å². The molecule has 11 heteroatoms. The quantitative estimate of drug-likeness (QED) is 0.374. The van der Waals surface area contributed by atoms with Crippen molar-refractivity contribution >= 4 is 15.9 Å². The fourth-order valence-corrected chi connectivity index (χ4v) is 2.93. The number of hydrogen-bond acceptors (Lipinski definition) is 6. The lowest BCUT2D eigenvalue weighted by Crippen LogP contribution is -2.16. The van der Waals surface area contributed by atoms with E-state index in [4.69, 9.17) is 4.52 Å². The number of aromatic nitrogens is 5. The van der Waals surface area contributed by atoms with Gasteiger partial charge in [0.15, 0.2) is 5.69 Å². The van der Waals surface area contributed by atoms with E-state index in [0.717, 1.165) is 15.9 Å². The van der Waals surface area contributed by atoms with Crippen LogP contribution in [0.3, 0.4) is 0 Å². The molecule has 0 aliphatic heterocycles. The number of aryl methyl sites for hydroxylation is 1. The minimum absolute atomic E-state index is 0.205. The normalized spacial score (nSPS) is 11.6. The Morgan fingerprint density at radius 2 is 1.90 bits per heavy atom. The highest BCUT2D eigenvalue weighted by Crippen LogP contribution is 2.27. The second-order valence-corrected chi connectivity index (χ2v) is 7.13. The van der Waals surface area contributed by atoms with Crippen molar-refractivity contribution in [3.8, 4) is 28.7 Å². The second kappa shape index (κ2) is 7.90. The molecule has 0 fully saturated rings. The van der Waals surface area contributed by atoms with Crippen LogP contribution in [0.4, 0.5) is 13.2 Å². The smallest absolute Gasteiger partial charge is 0.406 e. The molecule has 7 nitrogen and oxygen atoms in total. The monoisotopic (exact) mass is 479 g/mol. The summed E-state index contributed by atoms with van der Waals surface area (Å²) in [5.74, 6) is 0.107. The summed E-state index contributed by atoms with van der Waals surface area (Å²) in [6, 6.07) is 10.8. The molecule has 0 saturated carbocycles. The number of alkyl halides is 3. The molecule has 0 N–H and O–H groups in total. The Labute approximate surface area is 176 Å². The second-order valence-electron chi connectivity index (χ2n) is 6.31. The van der Waals surface area contributed by atoms with Crippen LogP contribution in [0.15, 0.2) is 57.8 Å². The fraction of sp³-hybridized carbons (Fsp3) is 0.158. The molecule has 0 spiro atoms. The molecule has 3 heterocycles. The van der Waals surface area contributed by atoms with E-state index in [1.807, 2.05) is 25.1 Å². The van der Waals surface area contributed by atoms with Crippen LogP contribution in [0.1, 0.15) is 11.3 Å². The molecule has 0 unspecified atom stereocenters. The zero-order chi connectivity index (χ0) is 21.3. The van der Waals surface area contributed by atoms with Gasteiger partial charge in [-0.1, -0.05) is 11.2 Å². The van der Waals surface area contributed by atoms with E-state index in [0.29, 0.717) is 17.8 Å². The number of halogens is 4. The third kappa shape index (κ3) is 4.67. The van der Waals surface area contributed by atoms with Crippen LogP contribution >= 0.6 is 15.9 Å². The van der Waals surface area contributed by atoms with Crippen LogP contribution in [0.5, 0.6) is 5.75 Å². The first-order chi connectivity index (χ1) is 14.3. The molecule has 0 amide bonds. The standard InChI is InChI=1S/C19H13BrF3N5O2/c1-11-8-15(26-28(11)10-12-2-7-16(20)24-9-12)18-25-17(27-30-18)13-3-5-14(6-4-13)29-19(21,22)23/h2-9H,10H2,1H3. The molecule has 4 aromatic rings. The number of pyridine rings is 1. The maximum atomic E-state index is 12.3. The van der Waals surface area contributed by atoms with Gasteiger partial charge in [-0.15, -0.1) is 13.2 Å². The molecular weight excluding hydrogens is 467 g/mol. The molecule has 0 radical (unpaired) electrons. The topological polar surface area (TPSA) is 78.9 Å². The molecule has 3 aromatic heterocycles. The summed E-state index contributed by atoms with van der Waals surface area (Å²) >= 11 is 3.30. The molecule has 1 aromatic carbocycles. The van der Waals surface area contributed by atoms with Crippen LogP contribution in [0, 0.1) is 6.92 Å². The minimum atomic E-state index is -4.75. The van der Waals surface area contributed by atoms with Crippen molar-refractivity contribution in [1.82, 2.24) is 24.9 Å². The SMILES string of the molecule is Cc1cc(-c2nc(-c3ccc(OC(F)(F)F)cc3)no2)nn1Cc1ccc(Br)nc1. The van der Waals surface area contributed by atoms with Gasteiger partial charge in [0.1, 0.15) is 10.4 Å². The Morgan fingerprint density at radius 3 is 2.57 bits per heavy atom. The average molecular weight is 480 g/mol. The van der Waals surface area contributed by atoms with Crippen LogP contribution in [0.25, 0.3) is 23.0 Å². The number of rotatable bonds is 5. The van der Waals surface area contributed by atoms with E-state index in [-0.39, 0.29) is 17.5 Å². The molecule has 0 aliphatic carbocycles. The summed E-state index contributed by atoms with van der Waals surface area (Å²) in [6.45, 7) is 2.42. The molecule has 0 atom stereocenters. The molecule has 0 bridgehead atoms. The van der Waals surface area contributed by atoms with Crippen molar-refractivity contribution in [2.45, 2.75) is 19.8 Å². The summed E-state index contributed by atoms with van der Waals surface area (Å²) < 4.78 is 48.5. The largest absolute Gasteiger partial charge is 0.573 e. The van der Waals surface area contributed by atoms with Crippen LogP contribution in [-0.4, -0.2) is 31.3 Å². The van der Waals surface area contributed by atoms with Crippen LogP contribution in [0.2, 0.25) is 0 Å². The molecule has 0 aliphatic rings. The number of benzene rings is 1. The Hall–Kier alpha value is -3.21. The summed E-state index contributed by atoms with van der Waals surface area (Å²) in [4.78, 5) is 8.49. The van der Waals surface area contributed by atoms with Crippen LogP contribution < -0.4 is 4.74 Å². The first-order valence-electron chi connectivity index (χ1n) is 8.62. The van der Waals surface area contributed by atoms with Gasteiger partial charge < -0.3 is 9.26 Å². The maximum absolute atomic E-state index is 12.3. The van der Waals surface area contributed by atoms with E-state index in [9.17, 15) is 13.2 Å².